The molecule has 0 saturated carbocycles. The van der Waals surface area contributed by atoms with Crippen molar-refractivity contribution in [3.63, 3.8) is 0 Å². The normalized spacial score (nSPS) is 14.3. The first-order valence-corrected chi connectivity index (χ1v) is 6.03. The molecule has 0 rings (SSSR count). The largest absolute Gasteiger partial charge is 0.472 e. The van der Waals surface area contributed by atoms with Gasteiger partial charge in [0.1, 0.15) is 0 Å². The molecule has 0 fully saturated rings. The SMILES string of the molecule is C=CC(=O)NCCCOP(=O)(O)OCC. The van der Waals surface area contributed by atoms with Crippen LogP contribution in [0.5, 0.6) is 0 Å². The van der Waals surface area contributed by atoms with E-state index < -0.39 is 7.82 Å². The summed E-state index contributed by atoms with van der Waals surface area (Å²) in [7, 11) is -3.90. The summed E-state index contributed by atoms with van der Waals surface area (Å²) in [6, 6.07) is 0. The van der Waals surface area contributed by atoms with Gasteiger partial charge in [-0.05, 0) is 19.4 Å². The molecule has 1 atom stereocenters. The molecule has 0 heterocycles. The highest BCUT2D eigenvalue weighted by Crippen LogP contribution is 2.42. The molecule has 88 valence electrons. The van der Waals surface area contributed by atoms with Crippen molar-refractivity contribution in [2.45, 2.75) is 13.3 Å². The minimum Gasteiger partial charge on any atom is -0.352 e. The van der Waals surface area contributed by atoms with Crippen LogP contribution < -0.4 is 5.32 Å². The molecule has 0 aromatic heterocycles. The van der Waals surface area contributed by atoms with E-state index in [1.807, 2.05) is 0 Å². The summed E-state index contributed by atoms with van der Waals surface area (Å²) in [5.41, 5.74) is 0. The van der Waals surface area contributed by atoms with Crippen molar-refractivity contribution >= 4 is 13.7 Å². The number of carbonyl (C=O) groups is 1. The molecule has 0 spiro atoms. The number of carbonyl (C=O) groups excluding carboxylic acids is 1. The molecule has 0 aliphatic rings. The highest BCUT2D eigenvalue weighted by molar-refractivity contribution is 7.47. The van der Waals surface area contributed by atoms with E-state index in [-0.39, 0.29) is 19.1 Å². The van der Waals surface area contributed by atoms with Crippen LogP contribution >= 0.6 is 7.82 Å². The third kappa shape index (κ3) is 8.32. The summed E-state index contributed by atoms with van der Waals surface area (Å²) < 4.78 is 20.0. The molecular weight excluding hydrogens is 221 g/mol. The van der Waals surface area contributed by atoms with E-state index in [0.717, 1.165) is 6.08 Å². The molecule has 7 heteroatoms. The molecule has 1 unspecified atom stereocenters. The van der Waals surface area contributed by atoms with Crippen LogP contribution in [0.25, 0.3) is 0 Å². The summed E-state index contributed by atoms with van der Waals surface area (Å²) in [6.07, 6.45) is 1.58. The summed E-state index contributed by atoms with van der Waals surface area (Å²) in [4.78, 5) is 19.7. The first-order chi connectivity index (χ1) is 7.02. The van der Waals surface area contributed by atoms with Crippen LogP contribution in [0.15, 0.2) is 12.7 Å². The lowest BCUT2D eigenvalue weighted by Crippen LogP contribution is -2.22. The first-order valence-electron chi connectivity index (χ1n) is 4.54. The van der Waals surface area contributed by atoms with Crippen molar-refractivity contribution < 1.29 is 23.3 Å². The summed E-state index contributed by atoms with van der Waals surface area (Å²) >= 11 is 0. The predicted octanol–water partition coefficient (Wildman–Crippen LogP) is 0.832. The van der Waals surface area contributed by atoms with Crippen LogP contribution in [0.3, 0.4) is 0 Å². The Morgan fingerprint density at radius 1 is 1.60 bits per heavy atom. The van der Waals surface area contributed by atoms with Gasteiger partial charge in [0.25, 0.3) is 0 Å². The minimum atomic E-state index is -3.90. The maximum atomic E-state index is 11.0. The van der Waals surface area contributed by atoms with Crippen molar-refractivity contribution in [3.05, 3.63) is 12.7 Å². The van der Waals surface area contributed by atoms with Gasteiger partial charge in [-0.15, -0.1) is 0 Å². The molecular formula is C8H16NO5P. The van der Waals surface area contributed by atoms with Crippen molar-refractivity contribution in [1.82, 2.24) is 5.32 Å². The molecule has 0 saturated heterocycles. The van der Waals surface area contributed by atoms with Gasteiger partial charge in [0.2, 0.25) is 5.91 Å². The molecule has 0 aliphatic carbocycles. The van der Waals surface area contributed by atoms with Gasteiger partial charge in [-0.3, -0.25) is 13.8 Å². The van der Waals surface area contributed by atoms with Crippen molar-refractivity contribution in [3.8, 4) is 0 Å². The van der Waals surface area contributed by atoms with Crippen LogP contribution in [0.4, 0.5) is 0 Å². The van der Waals surface area contributed by atoms with E-state index in [1.165, 1.54) is 0 Å². The van der Waals surface area contributed by atoms with Gasteiger partial charge in [-0.2, -0.15) is 0 Å². The highest BCUT2D eigenvalue weighted by Gasteiger charge is 2.18. The smallest absolute Gasteiger partial charge is 0.352 e. The number of hydrogen-bond donors (Lipinski definition) is 2. The number of phosphoric acid groups is 1. The fraction of sp³-hybridized carbons (Fsp3) is 0.625. The van der Waals surface area contributed by atoms with Gasteiger partial charge >= 0.3 is 7.82 Å². The lowest BCUT2D eigenvalue weighted by atomic mass is 10.4. The Bertz CT molecular complexity index is 255. The van der Waals surface area contributed by atoms with Gasteiger partial charge in [0, 0.05) is 6.54 Å². The Morgan fingerprint density at radius 3 is 2.80 bits per heavy atom. The molecule has 6 nitrogen and oxygen atoms in total. The van der Waals surface area contributed by atoms with Crippen LogP contribution in [0.2, 0.25) is 0 Å². The molecule has 0 bridgehead atoms. The molecule has 15 heavy (non-hydrogen) atoms. The van der Waals surface area contributed by atoms with Crippen molar-refractivity contribution in [1.29, 1.82) is 0 Å². The van der Waals surface area contributed by atoms with E-state index in [1.54, 1.807) is 6.92 Å². The Labute approximate surface area is 88.9 Å². The lowest BCUT2D eigenvalue weighted by Gasteiger charge is -2.10. The second kappa shape index (κ2) is 7.59. The average Bonchev–Trinajstić information content (AvgIpc) is 2.16. The van der Waals surface area contributed by atoms with E-state index >= 15 is 0 Å². The number of amides is 1. The molecule has 2 N–H and O–H groups in total. The Balaban J connectivity index is 3.50. The number of rotatable bonds is 8. The standard InChI is InChI=1S/C8H16NO5P/c1-3-8(10)9-6-5-7-14-15(11,12)13-4-2/h3H,1,4-7H2,2H3,(H,9,10)(H,11,12). The lowest BCUT2D eigenvalue weighted by molar-refractivity contribution is -0.116. The van der Waals surface area contributed by atoms with Crippen LogP contribution in [-0.2, 0) is 18.4 Å². The van der Waals surface area contributed by atoms with E-state index in [9.17, 15) is 9.36 Å². The van der Waals surface area contributed by atoms with E-state index in [0.29, 0.717) is 13.0 Å². The maximum Gasteiger partial charge on any atom is 0.472 e. The molecule has 0 aromatic carbocycles. The quantitative estimate of drug-likeness (QED) is 0.371. The predicted molar refractivity (Wildman–Crippen MR) is 55.2 cm³/mol. The zero-order chi connectivity index (χ0) is 11.7. The van der Waals surface area contributed by atoms with Crippen molar-refractivity contribution in [2.75, 3.05) is 19.8 Å². The number of phosphoric ester groups is 1. The van der Waals surface area contributed by atoms with E-state index in [4.69, 9.17) is 4.89 Å². The average molecular weight is 237 g/mol. The maximum absolute atomic E-state index is 11.0. The second-order valence-corrected chi connectivity index (χ2v) is 4.02. The van der Waals surface area contributed by atoms with E-state index in [2.05, 4.69) is 20.9 Å². The molecule has 0 aromatic rings. The van der Waals surface area contributed by atoms with Crippen molar-refractivity contribution in [2.24, 2.45) is 0 Å². The first kappa shape index (κ1) is 14.3. The Hall–Kier alpha value is -0.680. The molecule has 0 radical (unpaired) electrons. The summed E-state index contributed by atoms with van der Waals surface area (Å²) in [5, 5.41) is 2.50. The highest BCUT2D eigenvalue weighted by atomic mass is 31.2. The molecule has 0 aliphatic heterocycles. The zero-order valence-electron chi connectivity index (χ0n) is 8.64. The monoisotopic (exact) mass is 237 g/mol. The summed E-state index contributed by atoms with van der Waals surface area (Å²) in [5.74, 6) is -0.285. The zero-order valence-corrected chi connectivity index (χ0v) is 9.53. The Morgan fingerprint density at radius 2 is 2.27 bits per heavy atom. The second-order valence-electron chi connectivity index (χ2n) is 2.57. The summed E-state index contributed by atoms with van der Waals surface area (Å²) in [6.45, 7) is 5.39. The fourth-order valence-corrected chi connectivity index (χ4v) is 1.50. The topological polar surface area (TPSA) is 84.9 Å². The van der Waals surface area contributed by atoms with Gasteiger partial charge < -0.3 is 10.2 Å². The van der Waals surface area contributed by atoms with Gasteiger partial charge in [-0.1, -0.05) is 6.58 Å². The minimum absolute atomic E-state index is 0.0468. The molecule has 1 amide bonds. The Kier molecular flexibility index (Phi) is 7.25. The third-order valence-electron chi connectivity index (χ3n) is 1.35. The third-order valence-corrected chi connectivity index (χ3v) is 2.45. The van der Waals surface area contributed by atoms with Gasteiger partial charge in [0.05, 0.1) is 13.2 Å². The van der Waals surface area contributed by atoms with Gasteiger partial charge in [-0.25, -0.2) is 4.57 Å². The van der Waals surface area contributed by atoms with Crippen LogP contribution in [-0.4, -0.2) is 30.6 Å². The fourth-order valence-electron chi connectivity index (χ4n) is 0.736. The number of nitrogens with one attached hydrogen (secondary N) is 1. The van der Waals surface area contributed by atoms with Crippen LogP contribution in [0, 0.1) is 0 Å². The van der Waals surface area contributed by atoms with Crippen LogP contribution in [0.1, 0.15) is 13.3 Å². The number of hydrogen-bond acceptors (Lipinski definition) is 4. The van der Waals surface area contributed by atoms with Gasteiger partial charge in [0.15, 0.2) is 0 Å².